The van der Waals surface area contributed by atoms with Gasteiger partial charge >= 0.3 is 0 Å². The minimum absolute atomic E-state index is 0.244. The molecular weight excluding hydrogens is 235 g/mol. The first kappa shape index (κ1) is 10.3. The summed E-state index contributed by atoms with van der Waals surface area (Å²) in [5.41, 5.74) is 6.28. The summed E-state index contributed by atoms with van der Waals surface area (Å²) in [6.07, 6.45) is 1.55. The minimum atomic E-state index is 0.244. The summed E-state index contributed by atoms with van der Waals surface area (Å²) in [5, 5.41) is 5.02. The lowest BCUT2D eigenvalue weighted by Gasteiger charge is -2.04. The largest absolute Gasteiger partial charge is 0.367 e. The van der Waals surface area contributed by atoms with Crippen LogP contribution in [0.15, 0.2) is 24.5 Å². The number of rotatable bonds is 2. The van der Waals surface area contributed by atoms with Gasteiger partial charge in [-0.05, 0) is 11.6 Å². The van der Waals surface area contributed by atoms with Crippen molar-refractivity contribution in [1.29, 1.82) is 0 Å². The van der Waals surface area contributed by atoms with Crippen LogP contribution in [-0.4, -0.2) is 14.8 Å². The second-order valence-electron chi connectivity index (χ2n) is 3.01. The molecule has 0 aliphatic heterocycles. The summed E-state index contributed by atoms with van der Waals surface area (Å²) in [5.74, 6) is 0.244. The smallest absolute Gasteiger partial charge is 0.239 e. The van der Waals surface area contributed by atoms with Crippen LogP contribution in [0.4, 0.5) is 5.95 Å². The Labute approximate surface area is 96.6 Å². The van der Waals surface area contributed by atoms with Crippen LogP contribution in [0.2, 0.25) is 10.0 Å². The summed E-state index contributed by atoms with van der Waals surface area (Å²) < 4.78 is 1.60. The van der Waals surface area contributed by atoms with E-state index >= 15 is 0 Å². The first-order valence-electron chi connectivity index (χ1n) is 4.24. The fourth-order valence-corrected chi connectivity index (χ4v) is 1.61. The molecule has 0 atom stereocenters. The fraction of sp³-hybridized carbons (Fsp3) is 0.111. The molecule has 15 heavy (non-hydrogen) atoms. The van der Waals surface area contributed by atoms with Crippen LogP contribution in [0.25, 0.3) is 0 Å². The third-order valence-corrected chi connectivity index (χ3v) is 2.78. The highest BCUT2D eigenvalue weighted by Gasteiger charge is 2.05. The van der Waals surface area contributed by atoms with Gasteiger partial charge in [0.15, 0.2) is 0 Å². The number of benzene rings is 1. The van der Waals surface area contributed by atoms with Crippen molar-refractivity contribution in [3.8, 4) is 0 Å². The van der Waals surface area contributed by atoms with Crippen LogP contribution in [0.5, 0.6) is 0 Å². The quantitative estimate of drug-likeness (QED) is 0.879. The van der Waals surface area contributed by atoms with E-state index in [1.807, 2.05) is 12.1 Å². The van der Waals surface area contributed by atoms with Crippen molar-refractivity contribution in [2.75, 3.05) is 5.73 Å². The summed E-state index contributed by atoms with van der Waals surface area (Å²) in [6, 6.07) is 5.46. The van der Waals surface area contributed by atoms with E-state index in [2.05, 4.69) is 10.1 Å². The number of hydrogen-bond acceptors (Lipinski definition) is 3. The Bertz CT molecular complexity index is 481. The summed E-state index contributed by atoms with van der Waals surface area (Å²) in [6.45, 7) is 0.504. The Kier molecular flexibility index (Phi) is 2.79. The molecule has 0 bridgehead atoms. The lowest BCUT2D eigenvalue weighted by Crippen LogP contribution is -2.01. The molecule has 1 heterocycles. The molecule has 0 radical (unpaired) electrons. The topological polar surface area (TPSA) is 56.7 Å². The van der Waals surface area contributed by atoms with E-state index < -0.39 is 0 Å². The maximum absolute atomic E-state index is 6.03. The number of nitrogens with two attached hydrogens (primary N) is 1. The van der Waals surface area contributed by atoms with Crippen molar-refractivity contribution in [3.63, 3.8) is 0 Å². The number of anilines is 1. The highest BCUT2D eigenvalue weighted by molar-refractivity contribution is 6.42. The van der Waals surface area contributed by atoms with E-state index in [-0.39, 0.29) is 5.95 Å². The molecule has 0 fully saturated rings. The van der Waals surface area contributed by atoms with Crippen molar-refractivity contribution in [2.24, 2.45) is 0 Å². The number of aromatic nitrogens is 3. The molecule has 0 aliphatic carbocycles. The Balaban J connectivity index is 2.28. The van der Waals surface area contributed by atoms with E-state index in [1.165, 1.54) is 0 Å². The van der Waals surface area contributed by atoms with E-state index in [1.54, 1.807) is 17.1 Å². The van der Waals surface area contributed by atoms with Crippen molar-refractivity contribution in [2.45, 2.75) is 6.54 Å². The molecule has 1 aromatic carbocycles. The molecule has 1 aromatic heterocycles. The van der Waals surface area contributed by atoms with Crippen molar-refractivity contribution in [3.05, 3.63) is 40.1 Å². The second kappa shape index (κ2) is 4.08. The van der Waals surface area contributed by atoms with E-state index in [4.69, 9.17) is 28.9 Å². The van der Waals surface area contributed by atoms with Gasteiger partial charge in [-0.2, -0.15) is 0 Å². The molecule has 78 valence electrons. The SMILES string of the molecule is Nc1ncn(Cc2cccc(Cl)c2Cl)n1. The van der Waals surface area contributed by atoms with Crippen molar-refractivity contribution < 1.29 is 0 Å². The highest BCUT2D eigenvalue weighted by atomic mass is 35.5. The minimum Gasteiger partial charge on any atom is -0.367 e. The summed E-state index contributed by atoms with van der Waals surface area (Å²) >= 11 is 11.9. The molecule has 2 N–H and O–H groups in total. The average molecular weight is 243 g/mol. The summed E-state index contributed by atoms with van der Waals surface area (Å²) in [4.78, 5) is 3.82. The van der Waals surface area contributed by atoms with Gasteiger partial charge in [0.2, 0.25) is 5.95 Å². The zero-order chi connectivity index (χ0) is 10.8. The average Bonchev–Trinajstić information content (AvgIpc) is 2.59. The van der Waals surface area contributed by atoms with Crippen LogP contribution >= 0.6 is 23.2 Å². The van der Waals surface area contributed by atoms with Gasteiger partial charge in [-0.15, -0.1) is 5.10 Å². The van der Waals surface area contributed by atoms with Crippen LogP contribution < -0.4 is 5.73 Å². The van der Waals surface area contributed by atoms with E-state index in [0.29, 0.717) is 16.6 Å². The van der Waals surface area contributed by atoms with Gasteiger partial charge in [0, 0.05) is 0 Å². The first-order valence-corrected chi connectivity index (χ1v) is 5.00. The van der Waals surface area contributed by atoms with Crippen LogP contribution in [0, 0.1) is 0 Å². The molecule has 0 saturated heterocycles. The van der Waals surface area contributed by atoms with Gasteiger partial charge in [0.25, 0.3) is 0 Å². The standard InChI is InChI=1S/C9H8Cl2N4/c10-7-3-1-2-6(8(7)11)4-15-5-13-9(12)14-15/h1-3,5H,4H2,(H2,12,14). The Hall–Kier alpha value is -1.26. The summed E-state index contributed by atoms with van der Waals surface area (Å²) in [7, 11) is 0. The Morgan fingerprint density at radius 3 is 2.80 bits per heavy atom. The van der Waals surface area contributed by atoms with Gasteiger partial charge in [0.05, 0.1) is 16.6 Å². The van der Waals surface area contributed by atoms with Gasteiger partial charge < -0.3 is 5.73 Å². The number of nitrogens with zero attached hydrogens (tertiary/aromatic N) is 3. The number of nitrogen functional groups attached to an aromatic ring is 1. The third kappa shape index (κ3) is 2.22. The fourth-order valence-electron chi connectivity index (χ4n) is 1.23. The molecule has 4 nitrogen and oxygen atoms in total. The lowest BCUT2D eigenvalue weighted by atomic mass is 10.2. The van der Waals surface area contributed by atoms with E-state index in [0.717, 1.165) is 5.56 Å². The predicted octanol–water partition coefficient (Wildman–Crippen LogP) is 2.22. The van der Waals surface area contributed by atoms with Gasteiger partial charge in [-0.1, -0.05) is 35.3 Å². The normalized spacial score (nSPS) is 10.5. The monoisotopic (exact) mass is 242 g/mol. The van der Waals surface area contributed by atoms with Gasteiger partial charge in [-0.25, -0.2) is 9.67 Å². The van der Waals surface area contributed by atoms with E-state index in [9.17, 15) is 0 Å². The Morgan fingerprint density at radius 1 is 1.33 bits per heavy atom. The molecule has 0 aliphatic rings. The van der Waals surface area contributed by atoms with Gasteiger partial charge in [-0.3, -0.25) is 0 Å². The second-order valence-corrected chi connectivity index (χ2v) is 3.80. The van der Waals surface area contributed by atoms with Crippen molar-refractivity contribution >= 4 is 29.2 Å². The molecule has 0 saturated carbocycles. The molecule has 0 spiro atoms. The molecule has 2 aromatic rings. The molecule has 0 unspecified atom stereocenters. The number of halogens is 2. The highest BCUT2D eigenvalue weighted by Crippen LogP contribution is 2.25. The Morgan fingerprint density at radius 2 is 2.13 bits per heavy atom. The zero-order valence-corrected chi connectivity index (χ0v) is 9.20. The molecule has 0 amide bonds. The third-order valence-electron chi connectivity index (χ3n) is 1.92. The molecular formula is C9H8Cl2N4. The molecule has 2 rings (SSSR count). The lowest BCUT2D eigenvalue weighted by molar-refractivity contribution is 0.688. The van der Waals surface area contributed by atoms with Crippen LogP contribution in [-0.2, 0) is 6.54 Å². The zero-order valence-electron chi connectivity index (χ0n) is 7.69. The molecule has 6 heteroatoms. The van der Waals surface area contributed by atoms with Crippen LogP contribution in [0.1, 0.15) is 5.56 Å². The number of hydrogen-bond donors (Lipinski definition) is 1. The van der Waals surface area contributed by atoms with Crippen LogP contribution in [0.3, 0.4) is 0 Å². The van der Waals surface area contributed by atoms with Gasteiger partial charge in [0.1, 0.15) is 6.33 Å². The predicted molar refractivity (Wildman–Crippen MR) is 60.0 cm³/mol. The van der Waals surface area contributed by atoms with Crippen molar-refractivity contribution in [1.82, 2.24) is 14.8 Å². The first-order chi connectivity index (χ1) is 7.16. The maximum Gasteiger partial charge on any atom is 0.239 e. The maximum atomic E-state index is 6.03.